The molecule has 36 heavy (non-hydrogen) atoms. The first-order chi connectivity index (χ1) is 17.1. The molecule has 1 saturated carbocycles. The molecule has 1 aliphatic heterocycles. The molecular weight excluding hydrogens is 471 g/mol. The molecule has 0 unspecified atom stereocenters. The number of aromatic nitrogens is 3. The lowest BCUT2D eigenvalue weighted by atomic mass is 9.56. The van der Waals surface area contributed by atoms with E-state index in [4.69, 9.17) is 5.26 Å². The van der Waals surface area contributed by atoms with E-state index in [1.54, 1.807) is 18.5 Å². The lowest BCUT2D eigenvalue weighted by molar-refractivity contribution is -0.138. The Morgan fingerprint density at radius 2 is 2.03 bits per heavy atom. The molecule has 5 rings (SSSR count). The summed E-state index contributed by atoms with van der Waals surface area (Å²) < 4.78 is 43.0. The molecule has 1 fully saturated rings. The van der Waals surface area contributed by atoms with E-state index in [-0.39, 0.29) is 34.6 Å². The van der Waals surface area contributed by atoms with Gasteiger partial charge in [0.05, 0.1) is 18.2 Å². The number of anilines is 1. The number of alkyl halides is 3. The number of benzene rings is 2. The van der Waals surface area contributed by atoms with Gasteiger partial charge in [-0.15, -0.1) is 10.2 Å². The van der Waals surface area contributed by atoms with E-state index < -0.39 is 17.6 Å². The first kappa shape index (κ1) is 23.7. The monoisotopic (exact) mass is 493 g/mol. The number of nitriles is 1. The fourth-order valence-corrected chi connectivity index (χ4v) is 5.53. The van der Waals surface area contributed by atoms with Crippen molar-refractivity contribution in [2.24, 2.45) is 13.0 Å². The van der Waals surface area contributed by atoms with Crippen molar-refractivity contribution in [3.63, 3.8) is 0 Å². The van der Waals surface area contributed by atoms with Crippen molar-refractivity contribution in [1.29, 1.82) is 5.26 Å². The first-order valence-corrected chi connectivity index (χ1v) is 11.5. The number of aryl methyl sites for hydroxylation is 1. The maximum absolute atomic E-state index is 13.7. The molecule has 2 aliphatic rings. The summed E-state index contributed by atoms with van der Waals surface area (Å²) in [7, 11) is 1.86. The Bertz CT molecular complexity index is 1400. The Morgan fingerprint density at radius 3 is 2.67 bits per heavy atom. The second kappa shape index (κ2) is 8.59. The quantitative estimate of drug-likeness (QED) is 0.468. The lowest BCUT2D eigenvalue weighted by Gasteiger charge is -2.48. The fraction of sp³-hybridized carbons (Fsp3) is 0.346. The van der Waals surface area contributed by atoms with Crippen molar-refractivity contribution in [3.05, 3.63) is 76.4 Å². The highest BCUT2D eigenvalue weighted by atomic mass is 19.4. The summed E-state index contributed by atoms with van der Waals surface area (Å²) in [5, 5.41) is 17.3. The van der Waals surface area contributed by atoms with Crippen LogP contribution in [-0.2, 0) is 31.6 Å². The molecule has 0 N–H and O–H groups in total. The van der Waals surface area contributed by atoms with E-state index in [1.165, 1.54) is 11.0 Å². The summed E-state index contributed by atoms with van der Waals surface area (Å²) >= 11 is 0. The van der Waals surface area contributed by atoms with Crippen LogP contribution in [0.1, 0.15) is 62.5 Å². The van der Waals surface area contributed by atoms with Gasteiger partial charge in [-0.2, -0.15) is 18.4 Å². The zero-order valence-electron chi connectivity index (χ0n) is 19.4. The number of amides is 1. The normalized spacial score (nSPS) is 21.1. The molecule has 1 aromatic heterocycles. The summed E-state index contributed by atoms with van der Waals surface area (Å²) in [5.41, 5.74) is -0.299. The number of carbonyl (C=O) groups is 2. The van der Waals surface area contributed by atoms with Crippen molar-refractivity contribution < 1.29 is 22.8 Å². The van der Waals surface area contributed by atoms with E-state index in [2.05, 4.69) is 16.3 Å². The van der Waals surface area contributed by atoms with Gasteiger partial charge in [0.2, 0.25) is 0 Å². The van der Waals surface area contributed by atoms with Gasteiger partial charge in [0.15, 0.2) is 0 Å². The van der Waals surface area contributed by atoms with Crippen LogP contribution in [-0.4, -0.2) is 27.0 Å². The highest BCUT2D eigenvalue weighted by Gasteiger charge is 2.47. The van der Waals surface area contributed by atoms with Crippen LogP contribution in [0.3, 0.4) is 0 Å². The molecule has 0 bridgehead atoms. The predicted octanol–water partition coefficient (Wildman–Crippen LogP) is 4.61. The number of hydrogen-bond acceptors (Lipinski definition) is 5. The van der Waals surface area contributed by atoms with Gasteiger partial charge in [-0.25, -0.2) is 0 Å². The van der Waals surface area contributed by atoms with E-state index in [1.807, 2.05) is 23.7 Å². The highest BCUT2D eigenvalue weighted by Crippen LogP contribution is 2.51. The van der Waals surface area contributed by atoms with Gasteiger partial charge < -0.3 is 9.47 Å². The van der Waals surface area contributed by atoms with E-state index in [0.717, 1.165) is 30.3 Å². The number of halogens is 3. The molecule has 1 amide bonds. The van der Waals surface area contributed by atoms with Gasteiger partial charge in [0.1, 0.15) is 18.4 Å². The summed E-state index contributed by atoms with van der Waals surface area (Å²) in [6, 6.07) is 11.5. The van der Waals surface area contributed by atoms with Gasteiger partial charge in [-0.1, -0.05) is 12.1 Å². The standard InChI is InChI=1S/C26H22F3N5O2/c1-33-15-31-32-23(33)12-25(10-16(11-25)5-6-30)18-3-2-4-19(9-18)34-13-21-20(24(34)36)7-17(14-35)8-22(21)26(27,28)29/h2-4,7-9,14-16H,5,10-13H2,1H3/t16-,25-. The second-order valence-electron chi connectivity index (χ2n) is 9.60. The molecule has 2 heterocycles. The number of aldehydes is 1. The van der Waals surface area contributed by atoms with E-state index in [9.17, 15) is 22.8 Å². The van der Waals surface area contributed by atoms with Gasteiger partial charge in [0.25, 0.3) is 5.91 Å². The molecule has 0 atom stereocenters. The minimum absolute atomic E-state index is 0.108. The van der Waals surface area contributed by atoms with Crippen LogP contribution in [0, 0.1) is 17.2 Å². The minimum atomic E-state index is -4.69. The van der Waals surface area contributed by atoms with Crippen molar-refractivity contribution in [2.45, 2.75) is 43.8 Å². The number of hydrogen-bond donors (Lipinski definition) is 0. The van der Waals surface area contributed by atoms with Gasteiger partial charge in [0, 0.05) is 42.1 Å². The SMILES string of the molecule is Cn1cnnc1C[C@]1(c2cccc(N3Cc4c(cc(C=O)cc4C(F)(F)F)C3=O)c2)C[C@H](CC#N)C1. The minimum Gasteiger partial charge on any atom is -0.321 e. The van der Waals surface area contributed by atoms with Gasteiger partial charge in [-0.05, 0) is 54.2 Å². The van der Waals surface area contributed by atoms with Crippen molar-refractivity contribution in [1.82, 2.24) is 14.8 Å². The fourth-order valence-electron chi connectivity index (χ4n) is 5.53. The lowest BCUT2D eigenvalue weighted by Crippen LogP contribution is -2.43. The Kier molecular flexibility index (Phi) is 5.66. The molecule has 184 valence electrons. The first-order valence-electron chi connectivity index (χ1n) is 11.5. The molecule has 3 aromatic rings. The maximum Gasteiger partial charge on any atom is 0.416 e. The largest absolute Gasteiger partial charge is 0.416 e. The molecular formula is C26H22F3N5O2. The van der Waals surface area contributed by atoms with Crippen LogP contribution in [0.2, 0.25) is 0 Å². The number of nitrogens with zero attached hydrogens (tertiary/aromatic N) is 5. The van der Waals surface area contributed by atoms with E-state index in [0.29, 0.717) is 24.8 Å². The number of rotatable bonds is 6. The third-order valence-electron chi connectivity index (χ3n) is 7.32. The van der Waals surface area contributed by atoms with Crippen LogP contribution in [0.5, 0.6) is 0 Å². The molecule has 1 aliphatic carbocycles. The second-order valence-corrected chi connectivity index (χ2v) is 9.60. The number of fused-ring (bicyclic) bond motifs is 1. The topological polar surface area (TPSA) is 91.9 Å². The maximum atomic E-state index is 13.7. The Morgan fingerprint density at radius 1 is 1.25 bits per heavy atom. The average molecular weight is 493 g/mol. The molecule has 10 heteroatoms. The summed E-state index contributed by atoms with van der Waals surface area (Å²) in [4.78, 5) is 25.8. The third-order valence-corrected chi connectivity index (χ3v) is 7.32. The van der Waals surface area contributed by atoms with Crippen LogP contribution in [0.4, 0.5) is 18.9 Å². The predicted molar refractivity (Wildman–Crippen MR) is 123 cm³/mol. The highest BCUT2D eigenvalue weighted by molar-refractivity contribution is 6.11. The van der Waals surface area contributed by atoms with Crippen LogP contribution in [0.25, 0.3) is 0 Å². The van der Waals surface area contributed by atoms with Crippen LogP contribution >= 0.6 is 0 Å². The Hall–Kier alpha value is -4.00. The van der Waals surface area contributed by atoms with Gasteiger partial charge in [-0.3, -0.25) is 9.59 Å². The third kappa shape index (κ3) is 3.94. The van der Waals surface area contributed by atoms with Crippen molar-refractivity contribution in [3.8, 4) is 6.07 Å². The molecule has 7 nitrogen and oxygen atoms in total. The van der Waals surface area contributed by atoms with Crippen molar-refractivity contribution in [2.75, 3.05) is 4.90 Å². The molecule has 0 saturated heterocycles. The summed E-state index contributed by atoms with van der Waals surface area (Å²) in [5.74, 6) is 0.451. The van der Waals surface area contributed by atoms with E-state index >= 15 is 0 Å². The van der Waals surface area contributed by atoms with Crippen LogP contribution < -0.4 is 4.90 Å². The number of carbonyl (C=O) groups excluding carboxylic acids is 2. The summed E-state index contributed by atoms with van der Waals surface area (Å²) in [6.07, 6.45) is -0.210. The zero-order valence-corrected chi connectivity index (χ0v) is 19.4. The van der Waals surface area contributed by atoms with Gasteiger partial charge >= 0.3 is 6.18 Å². The van der Waals surface area contributed by atoms with Crippen LogP contribution in [0.15, 0.2) is 42.7 Å². The molecule has 2 aromatic carbocycles. The van der Waals surface area contributed by atoms with Crippen molar-refractivity contribution >= 4 is 17.9 Å². The molecule has 0 spiro atoms. The zero-order chi connectivity index (χ0) is 25.7. The smallest absolute Gasteiger partial charge is 0.321 e. The summed E-state index contributed by atoms with van der Waals surface area (Å²) in [6.45, 7) is -0.237. The Balaban J connectivity index is 1.51. The molecule has 0 radical (unpaired) electrons. The average Bonchev–Trinajstić information content (AvgIpc) is 3.38. The Labute approximate surface area is 205 Å².